The Balaban J connectivity index is 0.000000617. The van der Waals surface area contributed by atoms with Gasteiger partial charge in [-0.3, -0.25) is 14.8 Å². The fraction of sp³-hybridized carbons (Fsp3) is 0.333. The molecule has 1 aromatic heterocycles. The van der Waals surface area contributed by atoms with Gasteiger partial charge in [0.05, 0.1) is 17.6 Å². The molecule has 208 valence electrons. The minimum absolute atomic E-state index is 0.00209. The van der Waals surface area contributed by atoms with Crippen molar-refractivity contribution in [3.05, 3.63) is 83.4 Å². The molecule has 1 heterocycles. The normalized spacial score (nSPS) is 13.4. The number of sulfonamides is 1. The molecular weight excluding hydrogens is 542 g/mol. The maximum atomic E-state index is 12.5. The highest BCUT2D eigenvalue weighted by molar-refractivity contribution is 7.90. The van der Waals surface area contributed by atoms with Gasteiger partial charge in [0.2, 0.25) is 0 Å². The molecule has 0 bridgehead atoms. The zero-order valence-corrected chi connectivity index (χ0v) is 23.2. The van der Waals surface area contributed by atoms with Crippen LogP contribution in [0.25, 0.3) is 0 Å². The highest BCUT2D eigenvalue weighted by Gasteiger charge is 2.21. The van der Waals surface area contributed by atoms with E-state index in [1.165, 1.54) is 25.3 Å². The first-order valence-corrected chi connectivity index (χ1v) is 14.4. The lowest BCUT2D eigenvalue weighted by atomic mass is 9.96. The lowest BCUT2D eigenvalue weighted by molar-refractivity contribution is 0.0951. The second kappa shape index (κ2) is 15.0. The molecule has 1 saturated carbocycles. The Hall–Kier alpha value is -3.70. The van der Waals surface area contributed by atoms with Crippen molar-refractivity contribution >= 4 is 33.6 Å². The number of carbonyl (C=O) groups excluding carboxylic acids is 2. The van der Waals surface area contributed by atoms with Crippen LogP contribution in [0.2, 0.25) is 5.02 Å². The average Bonchev–Trinajstić information content (AvgIpc) is 2.94. The van der Waals surface area contributed by atoms with E-state index in [0.717, 1.165) is 37.7 Å². The lowest BCUT2D eigenvalue weighted by Crippen LogP contribution is -2.45. The van der Waals surface area contributed by atoms with Crippen LogP contribution in [-0.4, -0.2) is 50.0 Å². The minimum Gasteiger partial charge on any atom is -0.496 e. The van der Waals surface area contributed by atoms with Gasteiger partial charge in [-0.2, -0.15) is 0 Å². The summed E-state index contributed by atoms with van der Waals surface area (Å²) in [6.07, 6.45) is 12.0. The third kappa shape index (κ3) is 9.84. The predicted octanol–water partition coefficient (Wildman–Crippen LogP) is 4.12. The molecule has 0 radical (unpaired) electrons. The third-order valence-corrected chi connectivity index (χ3v) is 7.57. The fourth-order valence-corrected chi connectivity index (χ4v) is 5.09. The molecule has 0 aliphatic heterocycles. The van der Waals surface area contributed by atoms with Crippen molar-refractivity contribution in [3.63, 3.8) is 0 Å². The number of hydrogen-bond acceptors (Lipinski definition) is 7. The SMILES string of the molecule is COc1ccc(Cl)cc1C(=O)NCCc1ccc(S(=O)(=O)NC(=O)NC2CCCCC2)cc1.c1cnccn1. The molecule has 1 fully saturated rings. The number of halogens is 1. The number of nitrogens with one attached hydrogen (secondary N) is 3. The molecule has 12 heteroatoms. The predicted molar refractivity (Wildman–Crippen MR) is 148 cm³/mol. The van der Waals surface area contributed by atoms with Gasteiger partial charge in [-0.1, -0.05) is 43.0 Å². The van der Waals surface area contributed by atoms with Crippen LogP contribution >= 0.6 is 11.6 Å². The topological polar surface area (TPSA) is 139 Å². The van der Waals surface area contributed by atoms with Gasteiger partial charge >= 0.3 is 6.03 Å². The summed E-state index contributed by atoms with van der Waals surface area (Å²) in [5.41, 5.74) is 1.17. The van der Waals surface area contributed by atoms with Crippen molar-refractivity contribution in [2.45, 2.75) is 49.5 Å². The Labute approximate surface area is 233 Å². The summed E-state index contributed by atoms with van der Waals surface area (Å²) >= 11 is 5.96. The number of ether oxygens (including phenoxy) is 1. The zero-order valence-electron chi connectivity index (χ0n) is 21.6. The Morgan fingerprint density at radius 1 is 0.974 bits per heavy atom. The molecule has 39 heavy (non-hydrogen) atoms. The molecule has 0 saturated heterocycles. The van der Waals surface area contributed by atoms with Gasteiger partial charge in [0.15, 0.2) is 0 Å². The number of aromatic nitrogens is 2. The summed E-state index contributed by atoms with van der Waals surface area (Å²) in [4.78, 5) is 32.0. The molecule has 3 N–H and O–H groups in total. The van der Waals surface area contributed by atoms with Gasteiger partial charge in [-0.15, -0.1) is 0 Å². The second-order valence-corrected chi connectivity index (χ2v) is 10.9. The number of benzene rings is 2. The third-order valence-electron chi connectivity index (χ3n) is 5.98. The molecule has 1 aliphatic rings. The van der Waals surface area contributed by atoms with E-state index in [-0.39, 0.29) is 16.8 Å². The molecule has 0 atom stereocenters. The first kappa shape index (κ1) is 29.9. The van der Waals surface area contributed by atoms with E-state index in [2.05, 4.69) is 25.3 Å². The van der Waals surface area contributed by atoms with Gasteiger partial charge in [-0.05, 0) is 55.2 Å². The molecule has 0 spiro atoms. The van der Waals surface area contributed by atoms with E-state index in [1.807, 2.05) is 0 Å². The van der Waals surface area contributed by atoms with Crippen molar-refractivity contribution < 1.29 is 22.7 Å². The summed E-state index contributed by atoms with van der Waals surface area (Å²) in [5.74, 6) is 0.105. The average molecular weight is 574 g/mol. The lowest BCUT2D eigenvalue weighted by Gasteiger charge is -2.22. The molecule has 1 aliphatic carbocycles. The van der Waals surface area contributed by atoms with Crippen LogP contribution in [0.3, 0.4) is 0 Å². The summed E-state index contributed by atoms with van der Waals surface area (Å²) in [6.45, 7) is 0.336. The largest absolute Gasteiger partial charge is 0.496 e. The van der Waals surface area contributed by atoms with Crippen LogP contribution in [0.4, 0.5) is 4.79 Å². The van der Waals surface area contributed by atoms with E-state index in [1.54, 1.807) is 49.1 Å². The molecule has 2 aromatic carbocycles. The number of amides is 3. The van der Waals surface area contributed by atoms with E-state index in [4.69, 9.17) is 16.3 Å². The fourth-order valence-electron chi connectivity index (χ4n) is 4.00. The molecular formula is C27H32ClN5O5S. The highest BCUT2D eigenvalue weighted by atomic mass is 35.5. The van der Waals surface area contributed by atoms with Crippen LogP contribution in [0.5, 0.6) is 5.75 Å². The number of carbonyl (C=O) groups is 2. The van der Waals surface area contributed by atoms with Crippen molar-refractivity contribution in [2.24, 2.45) is 0 Å². The summed E-state index contributed by atoms with van der Waals surface area (Å²) in [6, 6.07) is 10.3. The number of rotatable bonds is 8. The van der Waals surface area contributed by atoms with E-state index >= 15 is 0 Å². The zero-order chi connectivity index (χ0) is 28.1. The molecule has 4 rings (SSSR count). The quantitative estimate of drug-likeness (QED) is 0.368. The van der Waals surface area contributed by atoms with Crippen molar-refractivity contribution in [1.29, 1.82) is 0 Å². The first-order chi connectivity index (χ1) is 18.8. The summed E-state index contributed by atoms with van der Waals surface area (Å²) in [7, 11) is -2.49. The molecule has 10 nitrogen and oxygen atoms in total. The van der Waals surface area contributed by atoms with Crippen molar-refractivity contribution in [2.75, 3.05) is 13.7 Å². The number of urea groups is 1. The number of nitrogens with zero attached hydrogens (tertiary/aromatic N) is 2. The maximum absolute atomic E-state index is 12.5. The van der Waals surface area contributed by atoms with Crippen LogP contribution < -0.4 is 20.1 Å². The smallest absolute Gasteiger partial charge is 0.328 e. The van der Waals surface area contributed by atoms with Gasteiger partial charge < -0.3 is 15.4 Å². The van der Waals surface area contributed by atoms with Crippen LogP contribution in [0.15, 0.2) is 72.1 Å². The van der Waals surface area contributed by atoms with Gasteiger partial charge in [-0.25, -0.2) is 17.9 Å². The summed E-state index contributed by atoms with van der Waals surface area (Å²) in [5, 5.41) is 5.96. The molecule has 0 unspecified atom stereocenters. The molecule has 3 aromatic rings. The Bertz CT molecular complexity index is 1290. The van der Waals surface area contributed by atoms with Gasteiger partial charge in [0.25, 0.3) is 15.9 Å². The Morgan fingerprint density at radius 3 is 2.21 bits per heavy atom. The van der Waals surface area contributed by atoms with E-state index in [0.29, 0.717) is 29.3 Å². The van der Waals surface area contributed by atoms with E-state index < -0.39 is 16.1 Å². The van der Waals surface area contributed by atoms with Crippen LogP contribution in [0, 0.1) is 0 Å². The number of hydrogen-bond donors (Lipinski definition) is 3. The minimum atomic E-state index is -3.97. The highest BCUT2D eigenvalue weighted by Crippen LogP contribution is 2.22. The van der Waals surface area contributed by atoms with Crippen LogP contribution in [-0.2, 0) is 16.4 Å². The maximum Gasteiger partial charge on any atom is 0.328 e. The summed E-state index contributed by atoms with van der Waals surface area (Å²) < 4.78 is 32.2. The molecule has 3 amide bonds. The first-order valence-electron chi connectivity index (χ1n) is 12.5. The van der Waals surface area contributed by atoms with Crippen molar-refractivity contribution in [1.82, 2.24) is 25.3 Å². The van der Waals surface area contributed by atoms with E-state index in [9.17, 15) is 18.0 Å². The second-order valence-electron chi connectivity index (χ2n) is 8.80. The monoisotopic (exact) mass is 573 g/mol. The standard InChI is InChI=1S/C23H28ClN3O5S.C4H4N2/c1-32-21-12-9-17(24)15-20(21)22(28)25-14-13-16-7-10-19(11-8-16)33(30,31)27-23(29)26-18-5-3-2-4-6-18;1-2-6-4-3-5-1/h7-12,15,18H,2-6,13-14H2,1H3,(H,25,28)(H2,26,27,29);1-4H. The Morgan fingerprint density at radius 2 is 1.62 bits per heavy atom. The van der Waals surface area contributed by atoms with Gasteiger partial charge in [0.1, 0.15) is 5.75 Å². The van der Waals surface area contributed by atoms with Gasteiger partial charge in [0, 0.05) is 42.4 Å². The Kier molecular flexibility index (Phi) is 11.5. The number of methoxy groups -OCH3 is 1. The van der Waals surface area contributed by atoms with Crippen LogP contribution in [0.1, 0.15) is 48.0 Å². The van der Waals surface area contributed by atoms with Crippen molar-refractivity contribution in [3.8, 4) is 5.75 Å².